The van der Waals surface area contributed by atoms with E-state index in [1.54, 1.807) is 6.26 Å². The van der Waals surface area contributed by atoms with Gasteiger partial charge in [-0.1, -0.05) is 64.6 Å². The molecule has 2 N–H and O–H groups in total. The first-order valence-electron chi connectivity index (χ1n) is 13.3. The minimum Gasteiger partial charge on any atom is -0.367 e. The van der Waals surface area contributed by atoms with Crippen molar-refractivity contribution >= 4 is 35.9 Å². The molecule has 1 unspecified atom stereocenters. The van der Waals surface area contributed by atoms with Crippen molar-refractivity contribution in [1.29, 1.82) is 0 Å². The van der Waals surface area contributed by atoms with Gasteiger partial charge < -0.3 is 10.0 Å². The molecule has 0 aliphatic carbocycles. The van der Waals surface area contributed by atoms with Crippen molar-refractivity contribution in [3.05, 3.63) is 70.5 Å². The van der Waals surface area contributed by atoms with Crippen LogP contribution in [0.3, 0.4) is 0 Å². The van der Waals surface area contributed by atoms with Gasteiger partial charge in [0.25, 0.3) is 0 Å². The SMILES string of the molecule is CC(C)=CCC/C(C)=C/CC/C(C)=C/CC/C(C)=C/CSCC(C)Nc1ccc(C)cn1.CSNC=O. The Hall–Kier alpha value is -1.92. The van der Waals surface area contributed by atoms with Crippen molar-refractivity contribution in [1.82, 2.24) is 9.71 Å². The van der Waals surface area contributed by atoms with E-state index in [9.17, 15) is 4.79 Å². The zero-order chi connectivity index (χ0) is 27.9. The maximum Gasteiger partial charge on any atom is 0.216 e. The molecule has 0 aliphatic heterocycles. The van der Waals surface area contributed by atoms with Crippen LogP contribution in [0, 0.1) is 6.92 Å². The fourth-order valence-electron chi connectivity index (χ4n) is 3.33. The topological polar surface area (TPSA) is 54.0 Å². The molecule has 1 amide bonds. The van der Waals surface area contributed by atoms with E-state index < -0.39 is 0 Å². The zero-order valence-corrected chi connectivity index (χ0v) is 26.2. The average molecular weight is 546 g/mol. The van der Waals surface area contributed by atoms with Crippen molar-refractivity contribution < 1.29 is 4.79 Å². The van der Waals surface area contributed by atoms with E-state index >= 15 is 0 Å². The molecule has 0 aliphatic rings. The maximum absolute atomic E-state index is 9.27. The van der Waals surface area contributed by atoms with E-state index in [0.717, 1.165) is 30.2 Å². The number of carbonyl (C=O) groups is 1. The molecule has 0 spiro atoms. The van der Waals surface area contributed by atoms with E-state index in [1.807, 2.05) is 18.0 Å². The van der Waals surface area contributed by atoms with Crippen LogP contribution in [-0.4, -0.2) is 35.2 Å². The molecule has 4 nitrogen and oxygen atoms in total. The summed E-state index contributed by atoms with van der Waals surface area (Å²) in [7, 11) is 0. The fraction of sp³-hybridized carbons (Fsp3) is 0.548. The molecule has 0 fully saturated rings. The van der Waals surface area contributed by atoms with Crippen LogP contribution < -0.4 is 10.0 Å². The minimum absolute atomic E-state index is 0.416. The quantitative estimate of drug-likeness (QED) is 0.0885. The second-order valence-corrected chi connectivity index (χ2v) is 11.5. The number of allylic oxidation sites excluding steroid dienone is 7. The maximum atomic E-state index is 9.27. The van der Waals surface area contributed by atoms with Gasteiger partial charge in [0.05, 0.1) is 0 Å². The lowest BCUT2D eigenvalue weighted by Gasteiger charge is -2.13. The number of nitrogens with zero attached hydrogens (tertiary/aromatic N) is 1. The highest BCUT2D eigenvalue weighted by atomic mass is 32.2. The Bertz CT molecular complexity index is 854. The van der Waals surface area contributed by atoms with Crippen molar-refractivity contribution in [2.75, 3.05) is 23.1 Å². The number of anilines is 1. The summed E-state index contributed by atoms with van der Waals surface area (Å²) < 4.78 is 2.35. The van der Waals surface area contributed by atoms with Gasteiger partial charge in [0.1, 0.15) is 5.82 Å². The fourth-order valence-corrected chi connectivity index (χ4v) is 4.40. The van der Waals surface area contributed by atoms with E-state index in [-0.39, 0.29) is 0 Å². The number of aromatic nitrogens is 1. The molecule has 0 saturated heterocycles. The van der Waals surface area contributed by atoms with Gasteiger partial charge in [0.2, 0.25) is 6.41 Å². The number of pyridine rings is 1. The van der Waals surface area contributed by atoms with Crippen LogP contribution in [-0.2, 0) is 4.79 Å². The predicted octanol–water partition coefficient (Wildman–Crippen LogP) is 9.08. The summed E-state index contributed by atoms with van der Waals surface area (Å²) in [6.45, 7) is 15.4. The molecule has 0 bridgehead atoms. The normalized spacial score (nSPS) is 12.8. The van der Waals surface area contributed by atoms with Crippen molar-refractivity contribution in [3.8, 4) is 0 Å². The van der Waals surface area contributed by atoms with Crippen LogP contribution in [0.4, 0.5) is 5.82 Å². The number of hydrogen-bond acceptors (Lipinski definition) is 5. The molecule has 1 atom stereocenters. The average Bonchev–Trinajstić information content (AvgIpc) is 2.84. The van der Waals surface area contributed by atoms with E-state index in [2.05, 4.69) is 99.9 Å². The molecule has 0 radical (unpaired) electrons. The van der Waals surface area contributed by atoms with Crippen molar-refractivity contribution in [3.63, 3.8) is 0 Å². The number of rotatable bonds is 17. The highest BCUT2D eigenvalue weighted by Gasteiger charge is 2.02. The van der Waals surface area contributed by atoms with E-state index in [0.29, 0.717) is 12.5 Å². The van der Waals surface area contributed by atoms with Crippen molar-refractivity contribution in [2.45, 2.75) is 93.0 Å². The standard InChI is InChI=1S/C29H46N2S.C2H5NOS/c1-23(2)11-8-12-24(3)13-9-14-25(4)15-10-16-26(5)19-20-32-22-28(7)31-29-18-17-27(6)21-30-29;1-5-3-2-4/h11,13,15,17-19,21,28H,8-10,12,14,16,20,22H2,1-7H3,(H,30,31);2H,1H3,(H,3,4)/b24-13+,25-15+,26-19+;. The van der Waals surface area contributed by atoms with Crippen LogP contribution >= 0.6 is 23.7 Å². The predicted molar refractivity (Wildman–Crippen MR) is 171 cm³/mol. The summed E-state index contributed by atoms with van der Waals surface area (Å²) in [6, 6.07) is 4.57. The summed E-state index contributed by atoms with van der Waals surface area (Å²) in [6.07, 6.45) is 20.9. The number of aryl methyl sites for hydroxylation is 1. The third kappa shape index (κ3) is 23.0. The number of carbonyl (C=O) groups excluding carboxylic acids is 1. The molecule has 1 heterocycles. The number of hydrogen-bond donors (Lipinski definition) is 2. The third-order valence-electron chi connectivity index (χ3n) is 5.54. The molecule has 6 heteroatoms. The molecule has 37 heavy (non-hydrogen) atoms. The lowest BCUT2D eigenvalue weighted by atomic mass is 10.0. The smallest absolute Gasteiger partial charge is 0.216 e. The second-order valence-electron chi connectivity index (χ2n) is 9.79. The molecule has 1 aromatic rings. The highest BCUT2D eigenvalue weighted by molar-refractivity contribution is 7.99. The Kier molecular flexibility index (Phi) is 22.0. The lowest BCUT2D eigenvalue weighted by molar-refractivity contribution is -0.107. The first kappa shape index (κ1) is 35.1. The van der Waals surface area contributed by atoms with Crippen LogP contribution in [0.25, 0.3) is 0 Å². The Balaban J connectivity index is 0.00000235. The van der Waals surface area contributed by atoms with Gasteiger partial charge in [-0.05, 0) is 98.6 Å². The zero-order valence-electron chi connectivity index (χ0n) is 24.5. The minimum atomic E-state index is 0.416. The molecular weight excluding hydrogens is 494 g/mol. The van der Waals surface area contributed by atoms with Crippen LogP contribution in [0.5, 0.6) is 0 Å². The molecule has 208 valence electrons. The number of amides is 1. The third-order valence-corrected chi connectivity index (χ3v) is 7.01. The first-order valence-corrected chi connectivity index (χ1v) is 15.6. The Labute approximate surface area is 236 Å². The molecule has 1 aromatic heterocycles. The van der Waals surface area contributed by atoms with E-state index in [4.69, 9.17) is 0 Å². The lowest BCUT2D eigenvalue weighted by Crippen LogP contribution is -2.18. The summed E-state index contributed by atoms with van der Waals surface area (Å²) in [5.41, 5.74) is 7.15. The van der Waals surface area contributed by atoms with Crippen LogP contribution in [0.15, 0.2) is 64.9 Å². The monoisotopic (exact) mass is 545 g/mol. The van der Waals surface area contributed by atoms with Crippen molar-refractivity contribution in [2.24, 2.45) is 0 Å². The Morgan fingerprint density at radius 1 is 0.919 bits per heavy atom. The molecular formula is C31H51N3OS2. The number of nitrogens with one attached hydrogen (secondary N) is 2. The van der Waals surface area contributed by atoms with E-state index in [1.165, 1.54) is 65.5 Å². The summed E-state index contributed by atoms with van der Waals surface area (Å²) in [5.74, 6) is 3.13. The summed E-state index contributed by atoms with van der Waals surface area (Å²) in [4.78, 5) is 13.7. The van der Waals surface area contributed by atoms with Crippen LogP contribution in [0.1, 0.15) is 85.6 Å². The van der Waals surface area contributed by atoms with Gasteiger partial charge in [0.15, 0.2) is 0 Å². The summed E-state index contributed by atoms with van der Waals surface area (Å²) in [5, 5.41) is 3.47. The van der Waals surface area contributed by atoms with Gasteiger partial charge in [-0.15, -0.1) is 0 Å². The van der Waals surface area contributed by atoms with Gasteiger partial charge in [-0.2, -0.15) is 11.8 Å². The molecule has 1 rings (SSSR count). The largest absolute Gasteiger partial charge is 0.367 e. The highest BCUT2D eigenvalue weighted by Crippen LogP contribution is 2.15. The van der Waals surface area contributed by atoms with Gasteiger partial charge in [-0.3, -0.25) is 4.79 Å². The first-order chi connectivity index (χ1) is 17.7. The number of thioether (sulfide) groups is 1. The molecule has 0 aromatic carbocycles. The van der Waals surface area contributed by atoms with Crippen LogP contribution in [0.2, 0.25) is 0 Å². The second kappa shape index (κ2) is 23.2. The summed E-state index contributed by atoms with van der Waals surface area (Å²) >= 11 is 3.26. The van der Waals surface area contributed by atoms with Gasteiger partial charge in [-0.25, -0.2) is 4.98 Å². The molecule has 0 saturated carbocycles. The van der Waals surface area contributed by atoms with Gasteiger partial charge in [0, 0.05) is 30.0 Å². The van der Waals surface area contributed by atoms with Gasteiger partial charge >= 0.3 is 0 Å². The Morgan fingerprint density at radius 2 is 1.49 bits per heavy atom. The Morgan fingerprint density at radius 3 is 1.95 bits per heavy atom.